The van der Waals surface area contributed by atoms with E-state index < -0.39 is 10.0 Å². The smallest absolute Gasteiger partial charge is 0.243 e. The van der Waals surface area contributed by atoms with Crippen molar-refractivity contribution in [2.75, 3.05) is 26.3 Å². The van der Waals surface area contributed by atoms with Crippen LogP contribution in [0.2, 0.25) is 0 Å². The van der Waals surface area contributed by atoms with Gasteiger partial charge < -0.3 is 10.5 Å². The Labute approximate surface area is 127 Å². The van der Waals surface area contributed by atoms with Gasteiger partial charge in [-0.25, -0.2) is 8.42 Å². The van der Waals surface area contributed by atoms with Crippen LogP contribution in [0, 0.1) is 0 Å². The molecule has 1 aliphatic rings. The molecule has 0 atom stereocenters. The van der Waals surface area contributed by atoms with Crippen molar-refractivity contribution in [3.63, 3.8) is 0 Å². The molecule has 6 heteroatoms. The van der Waals surface area contributed by atoms with Gasteiger partial charge in [0.1, 0.15) is 0 Å². The van der Waals surface area contributed by atoms with Gasteiger partial charge in [-0.3, -0.25) is 0 Å². The van der Waals surface area contributed by atoms with E-state index in [0.717, 1.165) is 18.4 Å². The van der Waals surface area contributed by atoms with Crippen LogP contribution in [0.4, 0.5) is 0 Å². The van der Waals surface area contributed by atoms with Crippen LogP contribution in [0.1, 0.15) is 25.3 Å². The van der Waals surface area contributed by atoms with Gasteiger partial charge in [-0.15, -0.1) is 0 Å². The second-order valence-corrected chi connectivity index (χ2v) is 7.07. The zero-order valence-corrected chi connectivity index (χ0v) is 13.3. The summed E-state index contributed by atoms with van der Waals surface area (Å²) in [6.07, 6.45) is 2.15. The van der Waals surface area contributed by atoms with Gasteiger partial charge in [-0.1, -0.05) is 25.1 Å². The fourth-order valence-electron chi connectivity index (χ4n) is 2.77. The van der Waals surface area contributed by atoms with E-state index in [2.05, 4.69) is 0 Å². The molecule has 1 aliphatic heterocycles. The van der Waals surface area contributed by atoms with E-state index in [0.29, 0.717) is 37.6 Å². The van der Waals surface area contributed by atoms with E-state index in [4.69, 9.17) is 10.5 Å². The normalized spacial score (nSPS) is 17.3. The average molecular weight is 312 g/mol. The molecule has 0 aromatic heterocycles. The Kier molecular flexibility index (Phi) is 5.75. The van der Waals surface area contributed by atoms with E-state index in [1.165, 1.54) is 0 Å². The maximum atomic E-state index is 13.0. The molecule has 1 fully saturated rings. The van der Waals surface area contributed by atoms with Crippen molar-refractivity contribution in [2.45, 2.75) is 37.1 Å². The number of sulfonamides is 1. The zero-order valence-electron chi connectivity index (χ0n) is 12.5. The summed E-state index contributed by atoms with van der Waals surface area (Å²) in [4.78, 5) is 0.410. The molecule has 0 aliphatic carbocycles. The van der Waals surface area contributed by atoms with Crippen LogP contribution in [0.3, 0.4) is 0 Å². The van der Waals surface area contributed by atoms with E-state index in [-0.39, 0.29) is 6.04 Å². The second kappa shape index (κ2) is 7.35. The number of hydrogen-bond donors (Lipinski definition) is 1. The van der Waals surface area contributed by atoms with Crippen molar-refractivity contribution in [3.8, 4) is 0 Å². The highest BCUT2D eigenvalue weighted by Gasteiger charge is 2.33. The summed E-state index contributed by atoms with van der Waals surface area (Å²) in [7, 11) is -3.51. The lowest BCUT2D eigenvalue weighted by atomic mass is 10.1. The fraction of sp³-hybridized carbons (Fsp3) is 0.600. The predicted molar refractivity (Wildman–Crippen MR) is 82.6 cm³/mol. The molecule has 118 valence electrons. The number of ether oxygens (including phenoxy) is 1. The summed E-state index contributed by atoms with van der Waals surface area (Å²) in [6, 6.07) is 7.20. The topological polar surface area (TPSA) is 72.6 Å². The Bertz CT molecular complexity index is 554. The SMILES string of the molecule is CCc1ccccc1S(=O)(=O)N(CCN)C1CCOCC1. The third kappa shape index (κ3) is 3.63. The lowest BCUT2D eigenvalue weighted by molar-refractivity contribution is 0.0590. The van der Waals surface area contributed by atoms with E-state index in [9.17, 15) is 8.42 Å². The summed E-state index contributed by atoms with van der Waals surface area (Å²) >= 11 is 0. The Hall–Kier alpha value is -0.950. The quantitative estimate of drug-likeness (QED) is 0.861. The monoisotopic (exact) mass is 312 g/mol. The molecule has 5 nitrogen and oxygen atoms in total. The van der Waals surface area contributed by atoms with Gasteiger partial charge in [-0.05, 0) is 30.9 Å². The van der Waals surface area contributed by atoms with E-state index in [1.54, 1.807) is 16.4 Å². The molecule has 0 unspecified atom stereocenters. The van der Waals surface area contributed by atoms with Crippen molar-refractivity contribution in [3.05, 3.63) is 29.8 Å². The minimum absolute atomic E-state index is 0.0165. The van der Waals surface area contributed by atoms with Gasteiger partial charge in [0.25, 0.3) is 0 Å². The molecule has 1 saturated heterocycles. The largest absolute Gasteiger partial charge is 0.381 e. The van der Waals surface area contributed by atoms with E-state index in [1.807, 2.05) is 19.1 Å². The first-order valence-electron chi connectivity index (χ1n) is 7.48. The van der Waals surface area contributed by atoms with Crippen molar-refractivity contribution >= 4 is 10.0 Å². The number of rotatable bonds is 6. The van der Waals surface area contributed by atoms with Crippen LogP contribution in [0.5, 0.6) is 0 Å². The van der Waals surface area contributed by atoms with Crippen LogP contribution in [0.25, 0.3) is 0 Å². The highest BCUT2D eigenvalue weighted by Crippen LogP contribution is 2.25. The molecule has 21 heavy (non-hydrogen) atoms. The summed E-state index contributed by atoms with van der Waals surface area (Å²) in [5, 5.41) is 0. The van der Waals surface area contributed by atoms with Gasteiger partial charge in [0.05, 0.1) is 4.90 Å². The zero-order chi connectivity index (χ0) is 15.3. The highest BCUT2D eigenvalue weighted by molar-refractivity contribution is 7.89. The predicted octanol–water partition coefficient (Wildman–Crippen LogP) is 1.38. The Balaban J connectivity index is 2.37. The molecule has 0 radical (unpaired) electrons. The number of nitrogens with two attached hydrogens (primary N) is 1. The van der Waals surface area contributed by atoms with Gasteiger partial charge in [0, 0.05) is 32.3 Å². The van der Waals surface area contributed by atoms with Gasteiger partial charge >= 0.3 is 0 Å². The van der Waals surface area contributed by atoms with Gasteiger partial charge in [-0.2, -0.15) is 4.31 Å². The first kappa shape index (κ1) is 16.4. The summed E-state index contributed by atoms with van der Waals surface area (Å²) in [5.74, 6) is 0. The maximum absolute atomic E-state index is 13.0. The number of nitrogens with zero attached hydrogens (tertiary/aromatic N) is 1. The molecular weight excluding hydrogens is 288 g/mol. The maximum Gasteiger partial charge on any atom is 0.243 e. The van der Waals surface area contributed by atoms with Crippen LogP contribution in [0.15, 0.2) is 29.2 Å². The van der Waals surface area contributed by atoms with Crippen LogP contribution >= 0.6 is 0 Å². The summed E-state index contributed by atoms with van der Waals surface area (Å²) in [5.41, 5.74) is 6.50. The molecular formula is C15H24N2O3S. The first-order valence-corrected chi connectivity index (χ1v) is 8.92. The fourth-order valence-corrected chi connectivity index (χ4v) is 4.77. The highest BCUT2D eigenvalue weighted by atomic mass is 32.2. The molecule has 2 rings (SSSR count). The molecule has 0 spiro atoms. The lowest BCUT2D eigenvalue weighted by Crippen LogP contribution is -2.45. The number of benzene rings is 1. The van der Waals surface area contributed by atoms with Crippen LogP contribution in [-0.2, 0) is 21.2 Å². The summed E-state index contributed by atoms with van der Waals surface area (Å²) in [6.45, 7) is 3.86. The van der Waals surface area contributed by atoms with Crippen molar-refractivity contribution < 1.29 is 13.2 Å². The molecule has 1 aromatic carbocycles. The van der Waals surface area contributed by atoms with Crippen LogP contribution in [-0.4, -0.2) is 45.1 Å². The first-order chi connectivity index (χ1) is 10.1. The van der Waals surface area contributed by atoms with Crippen molar-refractivity contribution in [1.82, 2.24) is 4.31 Å². The van der Waals surface area contributed by atoms with Crippen LogP contribution < -0.4 is 5.73 Å². The average Bonchev–Trinajstić information content (AvgIpc) is 2.53. The Morgan fingerprint density at radius 2 is 1.95 bits per heavy atom. The summed E-state index contributed by atoms with van der Waals surface area (Å²) < 4.78 is 33.0. The molecule has 1 heterocycles. The molecule has 0 saturated carbocycles. The van der Waals surface area contributed by atoms with Crippen molar-refractivity contribution in [1.29, 1.82) is 0 Å². The minimum atomic E-state index is -3.51. The van der Waals surface area contributed by atoms with Gasteiger partial charge in [0.2, 0.25) is 10.0 Å². The van der Waals surface area contributed by atoms with E-state index >= 15 is 0 Å². The molecule has 1 aromatic rings. The Morgan fingerprint density at radius 3 is 2.57 bits per heavy atom. The Morgan fingerprint density at radius 1 is 1.29 bits per heavy atom. The van der Waals surface area contributed by atoms with Crippen molar-refractivity contribution in [2.24, 2.45) is 5.73 Å². The number of aryl methyl sites for hydroxylation is 1. The lowest BCUT2D eigenvalue weighted by Gasteiger charge is -2.33. The standard InChI is InChI=1S/C15H24N2O3S/c1-2-13-5-3-4-6-15(13)21(18,19)17(10-9-16)14-7-11-20-12-8-14/h3-6,14H,2,7-12,16H2,1H3. The van der Waals surface area contributed by atoms with Gasteiger partial charge in [0.15, 0.2) is 0 Å². The third-order valence-corrected chi connectivity index (χ3v) is 5.94. The molecule has 0 bridgehead atoms. The second-order valence-electron chi connectivity index (χ2n) is 5.21. The minimum Gasteiger partial charge on any atom is -0.381 e. The number of hydrogen-bond acceptors (Lipinski definition) is 4. The molecule has 0 amide bonds. The molecule has 2 N–H and O–H groups in total. The third-order valence-electron chi connectivity index (χ3n) is 3.89.